The molecule has 3 rings (SSSR count). The highest BCUT2D eigenvalue weighted by Crippen LogP contribution is 2.21. The highest BCUT2D eigenvalue weighted by Gasteiger charge is 2.36. The van der Waals surface area contributed by atoms with Gasteiger partial charge in [-0.2, -0.15) is 0 Å². The second-order valence-electron chi connectivity index (χ2n) is 4.72. The van der Waals surface area contributed by atoms with Gasteiger partial charge in [0.1, 0.15) is 22.0 Å². The Morgan fingerprint density at radius 2 is 2.04 bits per heavy atom. The van der Waals surface area contributed by atoms with E-state index in [0.29, 0.717) is 5.76 Å². The molecule has 1 aliphatic heterocycles. The van der Waals surface area contributed by atoms with Crippen molar-refractivity contribution >= 4 is 29.8 Å². The average Bonchev–Trinajstić information content (AvgIpc) is 3.19. The van der Waals surface area contributed by atoms with E-state index in [1.165, 1.54) is 12.3 Å². The smallest absolute Gasteiger partial charge is 0.433 e. The van der Waals surface area contributed by atoms with Crippen molar-refractivity contribution in [3.63, 3.8) is 0 Å². The van der Waals surface area contributed by atoms with Gasteiger partial charge in [-0.05, 0) is 24.3 Å². The Bertz CT molecular complexity index is 863. The predicted octanol–water partition coefficient (Wildman–Crippen LogP) is 1.44. The van der Waals surface area contributed by atoms with Crippen LogP contribution in [-0.2, 0) is 16.1 Å². The second kappa shape index (κ2) is 5.83. The van der Waals surface area contributed by atoms with Crippen molar-refractivity contribution in [1.29, 1.82) is 0 Å². The lowest BCUT2D eigenvalue weighted by atomic mass is 10.1. The van der Waals surface area contributed by atoms with Crippen molar-refractivity contribution in [1.82, 2.24) is 10.2 Å². The molecule has 4 amide bonds. The highest BCUT2D eigenvalue weighted by atomic mass is 16.6. The van der Waals surface area contributed by atoms with Crippen LogP contribution in [-0.4, -0.2) is 27.7 Å². The van der Waals surface area contributed by atoms with Gasteiger partial charge in [0.05, 0.1) is 18.9 Å². The molecule has 0 aliphatic carbocycles. The quantitative estimate of drug-likeness (QED) is 0.387. The first-order chi connectivity index (χ1) is 11.5. The van der Waals surface area contributed by atoms with Gasteiger partial charge in [-0.25, -0.2) is 4.79 Å². The topological polar surface area (TPSA) is 136 Å². The molecule has 122 valence electrons. The van der Waals surface area contributed by atoms with Gasteiger partial charge >= 0.3 is 11.9 Å². The number of barbiturate groups is 1. The molecular weight excluding hydrogens is 322 g/mol. The number of nitrogens with zero attached hydrogens (tertiary/aromatic N) is 2. The summed E-state index contributed by atoms with van der Waals surface area (Å²) >= 11 is 0. The normalized spacial score (nSPS) is 16.6. The molecule has 3 heterocycles. The molecule has 0 spiro atoms. The second-order valence-corrected chi connectivity index (χ2v) is 4.72. The van der Waals surface area contributed by atoms with E-state index < -0.39 is 28.7 Å². The van der Waals surface area contributed by atoms with Crippen LogP contribution in [0.4, 0.5) is 10.7 Å². The minimum absolute atomic E-state index is 0.0625. The maximum Gasteiger partial charge on any atom is 0.433 e. The van der Waals surface area contributed by atoms with Gasteiger partial charge < -0.3 is 8.83 Å². The number of imide groups is 2. The van der Waals surface area contributed by atoms with Crippen LogP contribution in [0.2, 0.25) is 0 Å². The molecular formula is C14H9N3O7. The third-order valence-electron chi connectivity index (χ3n) is 3.16. The largest absolute Gasteiger partial charge is 0.467 e. The van der Waals surface area contributed by atoms with Crippen molar-refractivity contribution in [2.24, 2.45) is 0 Å². The first-order valence-electron chi connectivity index (χ1n) is 6.61. The van der Waals surface area contributed by atoms with E-state index >= 15 is 0 Å². The third-order valence-corrected chi connectivity index (χ3v) is 3.16. The number of nitro groups is 1. The van der Waals surface area contributed by atoms with Crippen LogP contribution in [0.5, 0.6) is 0 Å². The third kappa shape index (κ3) is 2.79. The van der Waals surface area contributed by atoms with E-state index in [1.807, 2.05) is 5.32 Å². The van der Waals surface area contributed by atoms with Crippen LogP contribution in [0.15, 0.2) is 44.9 Å². The molecule has 1 aliphatic rings. The summed E-state index contributed by atoms with van der Waals surface area (Å²) < 4.78 is 9.95. The lowest BCUT2D eigenvalue weighted by Crippen LogP contribution is -2.53. The number of carbonyl (C=O) groups excluding carboxylic acids is 3. The van der Waals surface area contributed by atoms with Gasteiger partial charge in [-0.1, -0.05) is 0 Å². The van der Waals surface area contributed by atoms with Gasteiger partial charge in [0.2, 0.25) is 0 Å². The Balaban J connectivity index is 1.89. The minimum atomic E-state index is -0.917. The number of carbonyl (C=O) groups is 3. The summed E-state index contributed by atoms with van der Waals surface area (Å²) in [6.45, 7) is -0.166. The van der Waals surface area contributed by atoms with Crippen LogP contribution in [0.1, 0.15) is 11.5 Å². The van der Waals surface area contributed by atoms with Crippen LogP contribution in [0, 0.1) is 10.1 Å². The minimum Gasteiger partial charge on any atom is -0.467 e. The molecule has 1 fully saturated rings. The predicted molar refractivity (Wildman–Crippen MR) is 76.1 cm³/mol. The zero-order valence-electron chi connectivity index (χ0n) is 11.9. The lowest BCUT2D eigenvalue weighted by Gasteiger charge is -2.25. The number of urea groups is 1. The summed E-state index contributed by atoms with van der Waals surface area (Å²) in [5, 5.41) is 12.6. The molecule has 24 heavy (non-hydrogen) atoms. The highest BCUT2D eigenvalue weighted by molar-refractivity contribution is 6.30. The fourth-order valence-corrected chi connectivity index (χ4v) is 2.06. The number of nitrogens with one attached hydrogen (secondary N) is 1. The van der Waals surface area contributed by atoms with Crippen molar-refractivity contribution in [2.75, 3.05) is 0 Å². The standard InChI is InChI=1S/C14H9N3O7/c18-12-10(6-8-3-4-11(24-8)17(21)22)13(19)16(14(20)15-12)7-9-2-1-5-23-9/h1-6H,7H2,(H,15,18,20)/b10-6+. The Hall–Kier alpha value is -3.69. The van der Waals surface area contributed by atoms with Gasteiger partial charge in [-0.15, -0.1) is 0 Å². The van der Waals surface area contributed by atoms with Crippen molar-refractivity contribution in [2.45, 2.75) is 6.54 Å². The SMILES string of the molecule is O=C1NC(=O)N(Cc2ccco2)C(=O)/C1=C/c1ccc([N+](=O)[O-])o1. The summed E-state index contributed by atoms with van der Waals surface area (Å²) in [4.78, 5) is 46.7. The monoisotopic (exact) mass is 331 g/mol. The van der Waals surface area contributed by atoms with E-state index in [-0.39, 0.29) is 17.9 Å². The van der Waals surface area contributed by atoms with Gasteiger partial charge in [-0.3, -0.25) is 29.9 Å². The summed E-state index contributed by atoms with van der Waals surface area (Å²) in [5.74, 6) is -2.03. The average molecular weight is 331 g/mol. The maximum atomic E-state index is 12.4. The Morgan fingerprint density at radius 3 is 2.67 bits per heavy atom. The summed E-state index contributed by atoms with van der Waals surface area (Å²) in [6, 6.07) is 4.59. The van der Waals surface area contributed by atoms with E-state index in [1.54, 1.807) is 12.1 Å². The van der Waals surface area contributed by atoms with Crippen LogP contribution >= 0.6 is 0 Å². The van der Waals surface area contributed by atoms with Crippen LogP contribution in [0.3, 0.4) is 0 Å². The van der Waals surface area contributed by atoms with E-state index in [9.17, 15) is 24.5 Å². The van der Waals surface area contributed by atoms with E-state index in [0.717, 1.165) is 17.0 Å². The fourth-order valence-electron chi connectivity index (χ4n) is 2.06. The van der Waals surface area contributed by atoms with Gasteiger partial charge in [0, 0.05) is 0 Å². The number of rotatable bonds is 4. The summed E-state index contributed by atoms with van der Waals surface area (Å²) in [7, 11) is 0. The lowest BCUT2D eigenvalue weighted by molar-refractivity contribution is -0.402. The van der Waals surface area contributed by atoms with E-state index in [4.69, 9.17) is 8.83 Å². The first kappa shape index (κ1) is 15.2. The zero-order valence-corrected chi connectivity index (χ0v) is 11.9. The van der Waals surface area contributed by atoms with E-state index in [2.05, 4.69) is 0 Å². The Morgan fingerprint density at radius 1 is 1.25 bits per heavy atom. The molecule has 2 aromatic heterocycles. The number of hydrogen-bond acceptors (Lipinski definition) is 7. The molecule has 10 nitrogen and oxygen atoms in total. The van der Waals surface area contributed by atoms with Crippen molar-refractivity contribution < 1.29 is 28.1 Å². The van der Waals surface area contributed by atoms with Crippen molar-refractivity contribution in [3.05, 3.63) is 57.7 Å². The molecule has 0 saturated carbocycles. The van der Waals surface area contributed by atoms with Crippen LogP contribution < -0.4 is 5.32 Å². The van der Waals surface area contributed by atoms with Gasteiger partial charge in [0.25, 0.3) is 11.8 Å². The maximum absolute atomic E-state index is 12.4. The number of amides is 4. The molecule has 0 atom stereocenters. The zero-order chi connectivity index (χ0) is 17.3. The molecule has 0 unspecified atom stereocenters. The van der Waals surface area contributed by atoms with Gasteiger partial charge in [0.15, 0.2) is 0 Å². The molecule has 0 radical (unpaired) electrons. The summed E-state index contributed by atoms with van der Waals surface area (Å²) in [5.41, 5.74) is -0.384. The molecule has 10 heteroatoms. The molecule has 0 bridgehead atoms. The number of furan rings is 2. The molecule has 1 N–H and O–H groups in total. The summed E-state index contributed by atoms with van der Waals surface area (Å²) in [6.07, 6.45) is 2.41. The molecule has 1 saturated heterocycles. The molecule has 2 aromatic rings. The molecule has 0 aromatic carbocycles. The fraction of sp³-hybridized carbons (Fsp3) is 0.0714. The number of hydrogen-bond donors (Lipinski definition) is 1. The van der Waals surface area contributed by atoms with Crippen molar-refractivity contribution in [3.8, 4) is 0 Å². The van der Waals surface area contributed by atoms with Crippen LogP contribution in [0.25, 0.3) is 6.08 Å². The Labute approximate surface area is 133 Å². The first-order valence-corrected chi connectivity index (χ1v) is 6.61. The Kier molecular flexibility index (Phi) is 3.70.